The average molecular weight is 301 g/mol. The number of likely N-dealkylation sites (N-methyl/N-ethyl adjacent to an activating group) is 1. The van der Waals surface area contributed by atoms with Crippen LogP contribution in [0.1, 0.15) is 25.3 Å². The molecule has 0 spiro atoms. The topological polar surface area (TPSA) is 34.1 Å². The third kappa shape index (κ3) is 5.61. The third-order valence-corrected chi connectivity index (χ3v) is 3.41. The molecule has 0 aliphatic carbocycles. The van der Waals surface area contributed by atoms with Crippen molar-refractivity contribution in [2.24, 2.45) is 0 Å². The summed E-state index contributed by atoms with van der Waals surface area (Å²) in [6, 6.07) is 2.60. The van der Waals surface area contributed by atoms with Gasteiger partial charge in [0, 0.05) is 30.0 Å². The lowest BCUT2D eigenvalue weighted by Gasteiger charge is -2.18. The van der Waals surface area contributed by atoms with Crippen LogP contribution in [-0.4, -0.2) is 31.3 Å². The Balaban J connectivity index is 2.46. The molecule has 0 fully saturated rings. The lowest BCUT2D eigenvalue weighted by Crippen LogP contribution is -2.28. The van der Waals surface area contributed by atoms with Crippen LogP contribution >= 0.6 is 15.9 Å². The van der Waals surface area contributed by atoms with E-state index in [2.05, 4.69) is 39.2 Å². The molecule has 2 atom stereocenters. The summed E-state index contributed by atoms with van der Waals surface area (Å²) in [5, 5.41) is 3.35. The van der Waals surface area contributed by atoms with Crippen LogP contribution in [0.15, 0.2) is 22.9 Å². The maximum atomic E-state index is 5.27. The van der Waals surface area contributed by atoms with Gasteiger partial charge in [0.2, 0.25) is 0 Å². The highest BCUT2D eigenvalue weighted by Crippen LogP contribution is 2.13. The quantitative estimate of drug-likeness (QED) is 0.841. The van der Waals surface area contributed by atoms with Gasteiger partial charge >= 0.3 is 0 Å². The van der Waals surface area contributed by atoms with E-state index >= 15 is 0 Å². The summed E-state index contributed by atoms with van der Waals surface area (Å²) in [6.07, 6.45) is 7.24. The molecule has 0 saturated heterocycles. The van der Waals surface area contributed by atoms with E-state index in [0.29, 0.717) is 12.1 Å². The highest BCUT2D eigenvalue weighted by Gasteiger charge is 2.10. The Labute approximate surface area is 112 Å². The molecule has 0 aliphatic rings. The van der Waals surface area contributed by atoms with E-state index in [4.69, 9.17) is 4.74 Å². The SMILES string of the molecule is CNC(CCC(C)OC)Cc1cncc(Br)c1. The van der Waals surface area contributed by atoms with E-state index in [1.807, 2.05) is 19.4 Å². The van der Waals surface area contributed by atoms with Crippen molar-refractivity contribution in [2.45, 2.75) is 38.3 Å². The molecule has 17 heavy (non-hydrogen) atoms. The van der Waals surface area contributed by atoms with Gasteiger partial charge in [-0.05, 0) is 60.8 Å². The van der Waals surface area contributed by atoms with Crippen LogP contribution < -0.4 is 5.32 Å². The van der Waals surface area contributed by atoms with Crippen LogP contribution in [0, 0.1) is 0 Å². The predicted octanol–water partition coefficient (Wildman–Crippen LogP) is 2.79. The molecular formula is C13H21BrN2O. The third-order valence-electron chi connectivity index (χ3n) is 2.98. The number of nitrogens with zero attached hydrogens (tertiary/aromatic N) is 1. The molecule has 0 saturated carbocycles. The van der Waals surface area contributed by atoms with Crippen molar-refractivity contribution in [1.82, 2.24) is 10.3 Å². The maximum absolute atomic E-state index is 5.27. The molecule has 4 heteroatoms. The van der Waals surface area contributed by atoms with E-state index in [1.165, 1.54) is 5.56 Å². The number of hydrogen-bond acceptors (Lipinski definition) is 3. The second kappa shape index (κ2) is 7.80. The molecule has 1 rings (SSSR count). The summed E-state index contributed by atoms with van der Waals surface area (Å²) < 4.78 is 6.30. The smallest absolute Gasteiger partial charge is 0.0543 e. The van der Waals surface area contributed by atoms with E-state index in [9.17, 15) is 0 Å². The molecule has 0 radical (unpaired) electrons. The van der Waals surface area contributed by atoms with E-state index < -0.39 is 0 Å². The van der Waals surface area contributed by atoms with Crippen molar-refractivity contribution < 1.29 is 4.74 Å². The lowest BCUT2D eigenvalue weighted by atomic mass is 10.0. The molecule has 1 aromatic heterocycles. The lowest BCUT2D eigenvalue weighted by molar-refractivity contribution is 0.106. The predicted molar refractivity (Wildman–Crippen MR) is 74.2 cm³/mol. The molecule has 0 aliphatic heterocycles. The standard InChI is InChI=1S/C13H21BrN2O/c1-10(17-3)4-5-13(15-2)7-11-6-12(14)9-16-8-11/h6,8-10,13,15H,4-5,7H2,1-3H3. The van der Waals surface area contributed by atoms with Gasteiger partial charge in [-0.1, -0.05) is 0 Å². The van der Waals surface area contributed by atoms with Crippen LogP contribution in [0.4, 0.5) is 0 Å². The number of methoxy groups -OCH3 is 1. The van der Waals surface area contributed by atoms with Gasteiger partial charge in [0.1, 0.15) is 0 Å². The molecule has 1 N–H and O–H groups in total. The highest BCUT2D eigenvalue weighted by molar-refractivity contribution is 9.10. The van der Waals surface area contributed by atoms with Crippen molar-refractivity contribution in [2.75, 3.05) is 14.2 Å². The fourth-order valence-electron chi connectivity index (χ4n) is 1.75. The fraction of sp³-hybridized carbons (Fsp3) is 0.615. The van der Waals surface area contributed by atoms with Crippen LogP contribution in [0.25, 0.3) is 0 Å². The monoisotopic (exact) mass is 300 g/mol. The maximum Gasteiger partial charge on any atom is 0.0543 e. The molecule has 96 valence electrons. The minimum absolute atomic E-state index is 0.325. The first-order valence-corrected chi connectivity index (χ1v) is 6.74. The van der Waals surface area contributed by atoms with Crippen LogP contribution in [0.2, 0.25) is 0 Å². The normalized spacial score (nSPS) is 14.6. The second-order valence-corrected chi connectivity index (χ2v) is 5.24. The zero-order valence-corrected chi connectivity index (χ0v) is 12.3. The van der Waals surface area contributed by atoms with Crippen LogP contribution in [-0.2, 0) is 11.2 Å². The van der Waals surface area contributed by atoms with Crippen molar-refractivity contribution >= 4 is 15.9 Å². The molecule has 1 heterocycles. The van der Waals surface area contributed by atoms with Gasteiger partial charge in [-0.15, -0.1) is 0 Å². The summed E-state index contributed by atoms with van der Waals surface area (Å²) in [6.45, 7) is 2.10. The highest BCUT2D eigenvalue weighted by atomic mass is 79.9. The van der Waals surface area contributed by atoms with Gasteiger partial charge in [0.15, 0.2) is 0 Å². The zero-order valence-electron chi connectivity index (χ0n) is 10.7. The number of rotatable bonds is 7. The second-order valence-electron chi connectivity index (χ2n) is 4.32. The molecule has 1 aromatic rings. The molecule has 2 unspecified atom stereocenters. The Kier molecular flexibility index (Phi) is 6.70. The Hall–Kier alpha value is -0.450. The van der Waals surface area contributed by atoms with Crippen molar-refractivity contribution in [3.8, 4) is 0 Å². The first-order valence-electron chi connectivity index (χ1n) is 5.95. The van der Waals surface area contributed by atoms with Gasteiger partial charge < -0.3 is 10.1 Å². The summed E-state index contributed by atoms with van der Waals surface area (Å²) in [7, 11) is 3.77. The largest absolute Gasteiger partial charge is 0.382 e. The van der Waals surface area contributed by atoms with Gasteiger partial charge in [0.05, 0.1) is 6.10 Å². The Morgan fingerprint density at radius 3 is 2.76 bits per heavy atom. The summed E-state index contributed by atoms with van der Waals surface area (Å²) in [4.78, 5) is 4.18. The summed E-state index contributed by atoms with van der Waals surface area (Å²) in [5.74, 6) is 0. The minimum atomic E-state index is 0.325. The van der Waals surface area contributed by atoms with E-state index in [1.54, 1.807) is 7.11 Å². The van der Waals surface area contributed by atoms with Crippen LogP contribution in [0.3, 0.4) is 0 Å². The first kappa shape index (κ1) is 14.6. The van der Waals surface area contributed by atoms with Gasteiger partial charge in [-0.25, -0.2) is 0 Å². The fourth-order valence-corrected chi connectivity index (χ4v) is 2.17. The Morgan fingerprint density at radius 2 is 2.18 bits per heavy atom. The molecule has 0 amide bonds. The van der Waals surface area contributed by atoms with Crippen LogP contribution in [0.5, 0.6) is 0 Å². The molecular weight excluding hydrogens is 280 g/mol. The molecule has 0 aromatic carbocycles. The van der Waals surface area contributed by atoms with E-state index in [-0.39, 0.29) is 0 Å². The van der Waals surface area contributed by atoms with Gasteiger partial charge in [-0.3, -0.25) is 4.98 Å². The number of pyridine rings is 1. The van der Waals surface area contributed by atoms with Crippen molar-refractivity contribution in [1.29, 1.82) is 0 Å². The van der Waals surface area contributed by atoms with Gasteiger partial charge in [0.25, 0.3) is 0 Å². The van der Waals surface area contributed by atoms with Crippen molar-refractivity contribution in [3.05, 3.63) is 28.5 Å². The van der Waals surface area contributed by atoms with E-state index in [0.717, 1.165) is 23.7 Å². The minimum Gasteiger partial charge on any atom is -0.382 e. The number of hydrogen-bond donors (Lipinski definition) is 1. The number of nitrogens with one attached hydrogen (secondary N) is 1. The summed E-state index contributed by atoms with van der Waals surface area (Å²) >= 11 is 3.44. The number of ether oxygens (including phenoxy) is 1. The molecule has 0 bridgehead atoms. The zero-order chi connectivity index (χ0) is 12.7. The summed E-state index contributed by atoms with van der Waals surface area (Å²) in [5.41, 5.74) is 1.25. The first-order chi connectivity index (χ1) is 8.15. The Bertz CT molecular complexity index is 333. The number of aromatic nitrogens is 1. The van der Waals surface area contributed by atoms with Gasteiger partial charge in [-0.2, -0.15) is 0 Å². The number of halogens is 1. The van der Waals surface area contributed by atoms with Crippen molar-refractivity contribution in [3.63, 3.8) is 0 Å². The molecule has 3 nitrogen and oxygen atoms in total. The average Bonchev–Trinajstić information content (AvgIpc) is 2.34. The Morgan fingerprint density at radius 1 is 1.41 bits per heavy atom.